The van der Waals surface area contributed by atoms with Crippen molar-refractivity contribution in [1.29, 1.82) is 0 Å². The Kier molecular flexibility index (Phi) is 7.19. The second kappa shape index (κ2) is 9.37. The van der Waals surface area contributed by atoms with Gasteiger partial charge in [0.05, 0.1) is 18.5 Å². The molecule has 25 heavy (non-hydrogen) atoms. The second-order valence-corrected chi connectivity index (χ2v) is 7.38. The van der Waals surface area contributed by atoms with Crippen molar-refractivity contribution in [2.24, 2.45) is 0 Å². The Hall–Kier alpha value is -2.14. The third-order valence-corrected chi connectivity index (χ3v) is 4.59. The third-order valence-electron chi connectivity index (χ3n) is 3.48. The fourth-order valence-corrected chi connectivity index (χ4v) is 3.14. The molecule has 134 valence electrons. The number of ether oxygens (including phenoxy) is 2. The van der Waals surface area contributed by atoms with Crippen molar-refractivity contribution in [2.45, 2.75) is 43.6 Å². The fourth-order valence-electron chi connectivity index (χ4n) is 2.25. The summed E-state index contributed by atoms with van der Waals surface area (Å²) in [6.07, 6.45) is 0.130. The van der Waals surface area contributed by atoms with Crippen molar-refractivity contribution < 1.29 is 14.3 Å². The van der Waals surface area contributed by atoms with E-state index in [1.54, 1.807) is 7.11 Å². The molecule has 0 aliphatic heterocycles. The summed E-state index contributed by atoms with van der Waals surface area (Å²) in [5.41, 5.74) is 1.02. The van der Waals surface area contributed by atoms with Crippen LogP contribution in [0.2, 0.25) is 0 Å². The first-order chi connectivity index (χ1) is 12.0. The average Bonchev–Trinajstić information content (AvgIpc) is 2.60. The van der Waals surface area contributed by atoms with Crippen LogP contribution in [0, 0.1) is 0 Å². The molecule has 2 aromatic rings. The largest absolute Gasteiger partial charge is 0.497 e. The van der Waals surface area contributed by atoms with E-state index in [2.05, 4.69) is 5.32 Å². The van der Waals surface area contributed by atoms with Gasteiger partial charge in [-0.3, -0.25) is 4.79 Å². The van der Waals surface area contributed by atoms with Crippen LogP contribution in [0.15, 0.2) is 53.4 Å². The Bertz CT molecular complexity index is 686. The first kappa shape index (κ1) is 19.2. The quantitative estimate of drug-likeness (QED) is 0.715. The minimum absolute atomic E-state index is 0.0102. The Morgan fingerprint density at radius 1 is 1.08 bits per heavy atom. The maximum Gasteiger partial charge on any atom is 0.233 e. The molecule has 0 aromatic heterocycles. The normalized spacial score (nSPS) is 11.9. The molecule has 0 radical (unpaired) electrons. The van der Waals surface area contributed by atoms with E-state index in [0.717, 1.165) is 22.0 Å². The van der Waals surface area contributed by atoms with Gasteiger partial charge in [0.15, 0.2) is 0 Å². The van der Waals surface area contributed by atoms with E-state index in [0.29, 0.717) is 6.54 Å². The maximum absolute atomic E-state index is 12.3. The van der Waals surface area contributed by atoms with E-state index < -0.39 is 0 Å². The van der Waals surface area contributed by atoms with Gasteiger partial charge in [-0.1, -0.05) is 12.1 Å². The molecular weight excluding hydrogens is 334 g/mol. The van der Waals surface area contributed by atoms with Crippen molar-refractivity contribution >= 4 is 17.7 Å². The van der Waals surface area contributed by atoms with Crippen LogP contribution in [0.4, 0.5) is 0 Å². The first-order valence-electron chi connectivity index (χ1n) is 8.32. The second-order valence-electron chi connectivity index (χ2n) is 5.97. The number of benzene rings is 2. The molecule has 2 aromatic carbocycles. The van der Waals surface area contributed by atoms with E-state index in [9.17, 15) is 4.79 Å². The Morgan fingerprint density at radius 2 is 1.80 bits per heavy atom. The lowest BCUT2D eigenvalue weighted by atomic mass is 10.2. The van der Waals surface area contributed by atoms with Crippen LogP contribution >= 0.6 is 11.8 Å². The van der Waals surface area contributed by atoms with Gasteiger partial charge in [0.1, 0.15) is 11.5 Å². The van der Waals surface area contributed by atoms with Crippen LogP contribution in [0.1, 0.15) is 26.3 Å². The smallest absolute Gasteiger partial charge is 0.233 e. The number of carbonyl (C=O) groups is 1. The molecule has 0 spiro atoms. The zero-order valence-corrected chi connectivity index (χ0v) is 15.9. The molecule has 1 atom stereocenters. The molecule has 0 heterocycles. The zero-order valence-electron chi connectivity index (χ0n) is 15.1. The average molecular weight is 359 g/mol. The highest BCUT2D eigenvalue weighted by molar-refractivity contribution is 8.00. The standard InChI is InChI=1S/C20H25NO3S/c1-14(2)24-18-7-5-6-16(12-18)13-21-20(22)15(3)25-19-10-8-17(23-4)9-11-19/h5-12,14-15H,13H2,1-4H3,(H,21,22). The van der Waals surface area contributed by atoms with Gasteiger partial charge >= 0.3 is 0 Å². The lowest BCUT2D eigenvalue weighted by Crippen LogP contribution is -2.30. The van der Waals surface area contributed by atoms with Gasteiger partial charge in [0.25, 0.3) is 0 Å². The first-order valence-corrected chi connectivity index (χ1v) is 9.20. The van der Waals surface area contributed by atoms with Crippen molar-refractivity contribution in [3.63, 3.8) is 0 Å². The Morgan fingerprint density at radius 3 is 2.44 bits per heavy atom. The van der Waals surface area contributed by atoms with Gasteiger partial charge < -0.3 is 14.8 Å². The molecule has 1 N–H and O–H groups in total. The molecule has 1 amide bonds. The number of hydrogen-bond acceptors (Lipinski definition) is 4. The highest BCUT2D eigenvalue weighted by atomic mass is 32.2. The summed E-state index contributed by atoms with van der Waals surface area (Å²) in [6.45, 7) is 6.38. The number of amides is 1. The van der Waals surface area contributed by atoms with Crippen molar-refractivity contribution in [3.8, 4) is 11.5 Å². The van der Waals surface area contributed by atoms with Gasteiger partial charge in [0.2, 0.25) is 5.91 Å². The molecule has 0 aliphatic carbocycles. The summed E-state index contributed by atoms with van der Waals surface area (Å²) in [4.78, 5) is 13.4. The van der Waals surface area contributed by atoms with Crippen LogP contribution in [0.5, 0.6) is 11.5 Å². The fraction of sp³-hybridized carbons (Fsp3) is 0.350. The van der Waals surface area contributed by atoms with E-state index in [-0.39, 0.29) is 17.3 Å². The predicted molar refractivity (Wildman–Crippen MR) is 102 cm³/mol. The topological polar surface area (TPSA) is 47.6 Å². The molecule has 1 unspecified atom stereocenters. The Labute approximate surface area is 153 Å². The van der Waals surface area contributed by atoms with Crippen molar-refractivity contribution in [3.05, 3.63) is 54.1 Å². The minimum Gasteiger partial charge on any atom is -0.497 e. The molecule has 0 saturated carbocycles. The molecule has 0 bridgehead atoms. The van der Waals surface area contributed by atoms with Gasteiger partial charge in [-0.25, -0.2) is 0 Å². The summed E-state index contributed by atoms with van der Waals surface area (Å²) >= 11 is 1.53. The van der Waals surface area contributed by atoms with Gasteiger partial charge in [-0.05, 0) is 62.7 Å². The lowest BCUT2D eigenvalue weighted by Gasteiger charge is -2.14. The highest BCUT2D eigenvalue weighted by Gasteiger charge is 2.14. The number of thioether (sulfide) groups is 1. The number of carbonyl (C=O) groups excluding carboxylic acids is 1. The third kappa shape index (κ3) is 6.35. The highest BCUT2D eigenvalue weighted by Crippen LogP contribution is 2.25. The van der Waals surface area contributed by atoms with Crippen LogP contribution < -0.4 is 14.8 Å². The summed E-state index contributed by atoms with van der Waals surface area (Å²) in [5.74, 6) is 1.64. The van der Waals surface area contributed by atoms with Crippen LogP contribution in [-0.2, 0) is 11.3 Å². The van der Waals surface area contributed by atoms with Crippen molar-refractivity contribution in [2.75, 3.05) is 7.11 Å². The summed E-state index contributed by atoms with van der Waals surface area (Å²) < 4.78 is 10.8. The maximum atomic E-state index is 12.3. The van der Waals surface area contributed by atoms with E-state index in [1.807, 2.05) is 69.3 Å². The van der Waals surface area contributed by atoms with Crippen LogP contribution in [0.25, 0.3) is 0 Å². The molecule has 0 aliphatic rings. The molecule has 0 saturated heterocycles. The van der Waals surface area contributed by atoms with Crippen LogP contribution in [0.3, 0.4) is 0 Å². The minimum atomic E-state index is -0.177. The molecular formula is C20H25NO3S. The van der Waals surface area contributed by atoms with Gasteiger partial charge in [0, 0.05) is 11.4 Å². The number of nitrogens with one attached hydrogen (secondary N) is 1. The van der Waals surface area contributed by atoms with Crippen LogP contribution in [-0.4, -0.2) is 24.4 Å². The SMILES string of the molecule is COc1ccc(SC(C)C(=O)NCc2cccc(OC(C)C)c2)cc1. The molecule has 0 fully saturated rings. The number of rotatable bonds is 8. The van der Waals surface area contributed by atoms with E-state index in [4.69, 9.17) is 9.47 Å². The van der Waals surface area contributed by atoms with Gasteiger partial charge in [-0.2, -0.15) is 0 Å². The lowest BCUT2D eigenvalue weighted by molar-refractivity contribution is -0.120. The number of hydrogen-bond donors (Lipinski definition) is 1. The molecule has 4 nitrogen and oxygen atoms in total. The number of methoxy groups -OCH3 is 1. The van der Waals surface area contributed by atoms with Gasteiger partial charge in [-0.15, -0.1) is 11.8 Å². The Balaban J connectivity index is 1.86. The molecule has 5 heteroatoms. The summed E-state index contributed by atoms with van der Waals surface area (Å²) in [5, 5.41) is 2.80. The predicted octanol–water partition coefficient (Wildman–Crippen LogP) is 4.28. The zero-order chi connectivity index (χ0) is 18.2. The van der Waals surface area contributed by atoms with Crippen molar-refractivity contribution in [1.82, 2.24) is 5.32 Å². The van der Waals surface area contributed by atoms with E-state index >= 15 is 0 Å². The molecule has 2 rings (SSSR count). The summed E-state index contributed by atoms with van der Waals surface area (Å²) in [7, 11) is 1.64. The summed E-state index contributed by atoms with van der Waals surface area (Å²) in [6, 6.07) is 15.5. The van der Waals surface area contributed by atoms with E-state index in [1.165, 1.54) is 11.8 Å². The monoisotopic (exact) mass is 359 g/mol.